The molecule has 18 heavy (non-hydrogen) atoms. The Morgan fingerprint density at radius 1 is 1.22 bits per heavy atom. The van der Waals surface area contributed by atoms with E-state index in [4.69, 9.17) is 4.74 Å². The minimum Gasteiger partial charge on any atom is -0.507 e. The summed E-state index contributed by atoms with van der Waals surface area (Å²) in [6.07, 6.45) is 3.09. The predicted molar refractivity (Wildman–Crippen MR) is 71.3 cm³/mol. The van der Waals surface area contributed by atoms with Crippen LogP contribution in [0.1, 0.15) is 12.5 Å². The highest BCUT2D eigenvalue weighted by molar-refractivity contribution is 5.97. The quantitative estimate of drug-likeness (QED) is 0.664. The Labute approximate surface area is 105 Å². The molecular weight excluding hydrogens is 228 g/mol. The standard InChI is InChI=1S/C15H14O3/c1-2-18-15(17)10-8-11-7-9-14(16)13-6-4-3-5-12(11)13/h3-10,16H,2H2,1H3. The molecule has 0 spiro atoms. The van der Waals surface area contributed by atoms with Crippen LogP contribution in [0.4, 0.5) is 0 Å². The van der Waals surface area contributed by atoms with E-state index in [1.807, 2.05) is 24.3 Å². The summed E-state index contributed by atoms with van der Waals surface area (Å²) in [7, 11) is 0. The van der Waals surface area contributed by atoms with E-state index in [1.54, 1.807) is 25.1 Å². The number of aromatic hydroxyl groups is 1. The Kier molecular flexibility index (Phi) is 3.63. The van der Waals surface area contributed by atoms with Crippen molar-refractivity contribution in [3.05, 3.63) is 48.0 Å². The summed E-state index contributed by atoms with van der Waals surface area (Å²) >= 11 is 0. The van der Waals surface area contributed by atoms with Gasteiger partial charge >= 0.3 is 5.97 Å². The van der Waals surface area contributed by atoms with Gasteiger partial charge in [-0.25, -0.2) is 4.79 Å². The average Bonchev–Trinajstić information content (AvgIpc) is 2.39. The second kappa shape index (κ2) is 5.36. The molecule has 92 valence electrons. The zero-order valence-electron chi connectivity index (χ0n) is 10.1. The molecule has 3 nitrogen and oxygen atoms in total. The number of phenolic OH excluding ortho intramolecular Hbond substituents is 1. The topological polar surface area (TPSA) is 46.5 Å². The lowest BCUT2D eigenvalue weighted by Crippen LogP contribution is -1.98. The predicted octanol–water partition coefficient (Wildman–Crippen LogP) is 3.12. The van der Waals surface area contributed by atoms with E-state index in [0.717, 1.165) is 16.3 Å². The number of hydrogen-bond acceptors (Lipinski definition) is 3. The third-order valence-corrected chi connectivity index (χ3v) is 2.62. The van der Waals surface area contributed by atoms with Crippen LogP contribution in [0.3, 0.4) is 0 Å². The van der Waals surface area contributed by atoms with Crippen LogP contribution in [0.25, 0.3) is 16.8 Å². The van der Waals surface area contributed by atoms with E-state index in [1.165, 1.54) is 6.08 Å². The maximum absolute atomic E-state index is 11.3. The highest BCUT2D eigenvalue weighted by Crippen LogP contribution is 2.27. The molecule has 0 unspecified atom stereocenters. The molecule has 2 rings (SSSR count). The van der Waals surface area contributed by atoms with Crippen molar-refractivity contribution in [2.45, 2.75) is 6.92 Å². The van der Waals surface area contributed by atoms with Crippen molar-refractivity contribution in [1.29, 1.82) is 0 Å². The van der Waals surface area contributed by atoms with Gasteiger partial charge in [0.05, 0.1) is 6.61 Å². The fraction of sp³-hybridized carbons (Fsp3) is 0.133. The Bertz CT molecular complexity index is 600. The zero-order chi connectivity index (χ0) is 13.0. The molecule has 0 radical (unpaired) electrons. The molecule has 0 aliphatic carbocycles. The SMILES string of the molecule is CCOC(=O)C=Cc1ccc(O)c2ccccc12. The van der Waals surface area contributed by atoms with Crippen molar-refractivity contribution in [2.75, 3.05) is 6.61 Å². The fourth-order valence-electron chi connectivity index (χ4n) is 1.80. The smallest absolute Gasteiger partial charge is 0.330 e. The number of phenols is 1. The fourth-order valence-corrected chi connectivity index (χ4v) is 1.80. The van der Waals surface area contributed by atoms with Gasteiger partial charge in [0.15, 0.2) is 0 Å². The number of esters is 1. The van der Waals surface area contributed by atoms with E-state index in [9.17, 15) is 9.90 Å². The summed E-state index contributed by atoms with van der Waals surface area (Å²) in [5, 5.41) is 11.4. The minimum atomic E-state index is -0.366. The highest BCUT2D eigenvalue weighted by atomic mass is 16.5. The monoisotopic (exact) mass is 242 g/mol. The first kappa shape index (κ1) is 12.2. The molecule has 3 heteroatoms. The summed E-state index contributed by atoms with van der Waals surface area (Å²) < 4.78 is 4.82. The van der Waals surface area contributed by atoms with Crippen LogP contribution < -0.4 is 0 Å². The number of ether oxygens (including phenoxy) is 1. The van der Waals surface area contributed by atoms with Gasteiger partial charge in [-0.1, -0.05) is 30.3 Å². The molecule has 2 aromatic rings. The molecule has 0 fully saturated rings. The molecule has 0 aliphatic rings. The van der Waals surface area contributed by atoms with Gasteiger partial charge in [0.1, 0.15) is 5.75 Å². The normalized spacial score (nSPS) is 10.9. The van der Waals surface area contributed by atoms with Crippen molar-refractivity contribution < 1.29 is 14.6 Å². The number of fused-ring (bicyclic) bond motifs is 1. The first-order chi connectivity index (χ1) is 8.72. The molecule has 0 saturated heterocycles. The maximum Gasteiger partial charge on any atom is 0.330 e. The van der Waals surface area contributed by atoms with Crippen molar-refractivity contribution in [2.24, 2.45) is 0 Å². The second-order valence-corrected chi connectivity index (χ2v) is 3.80. The van der Waals surface area contributed by atoms with Crippen molar-refractivity contribution in [3.63, 3.8) is 0 Å². The molecule has 0 heterocycles. The van der Waals surface area contributed by atoms with Gasteiger partial charge in [-0.3, -0.25) is 0 Å². The lowest BCUT2D eigenvalue weighted by molar-refractivity contribution is -0.137. The molecule has 0 saturated carbocycles. The molecule has 1 N–H and O–H groups in total. The van der Waals surface area contributed by atoms with E-state index >= 15 is 0 Å². The van der Waals surface area contributed by atoms with Gasteiger partial charge in [-0.05, 0) is 30.0 Å². The van der Waals surface area contributed by atoms with Crippen molar-refractivity contribution >= 4 is 22.8 Å². The lowest BCUT2D eigenvalue weighted by atomic mass is 10.0. The summed E-state index contributed by atoms with van der Waals surface area (Å²) in [5.74, 6) is -0.131. The number of carbonyl (C=O) groups excluding carboxylic acids is 1. The largest absolute Gasteiger partial charge is 0.507 e. The van der Waals surface area contributed by atoms with Gasteiger partial charge in [0.2, 0.25) is 0 Å². The van der Waals surface area contributed by atoms with Gasteiger partial charge in [0, 0.05) is 11.5 Å². The van der Waals surface area contributed by atoms with E-state index in [2.05, 4.69) is 0 Å². The van der Waals surface area contributed by atoms with Crippen LogP contribution >= 0.6 is 0 Å². The number of rotatable bonds is 3. The van der Waals surface area contributed by atoms with E-state index in [-0.39, 0.29) is 11.7 Å². The van der Waals surface area contributed by atoms with Crippen molar-refractivity contribution in [3.8, 4) is 5.75 Å². The van der Waals surface area contributed by atoms with Gasteiger partial charge in [0.25, 0.3) is 0 Å². The zero-order valence-corrected chi connectivity index (χ0v) is 10.1. The van der Waals surface area contributed by atoms with Gasteiger partial charge < -0.3 is 9.84 Å². The Hall–Kier alpha value is -2.29. The molecular formula is C15H14O3. The van der Waals surface area contributed by atoms with Crippen LogP contribution in [-0.2, 0) is 9.53 Å². The Morgan fingerprint density at radius 2 is 1.94 bits per heavy atom. The lowest BCUT2D eigenvalue weighted by Gasteiger charge is -2.04. The highest BCUT2D eigenvalue weighted by Gasteiger charge is 2.03. The third-order valence-electron chi connectivity index (χ3n) is 2.62. The number of hydrogen-bond donors (Lipinski definition) is 1. The summed E-state index contributed by atoms with van der Waals surface area (Å²) in [6, 6.07) is 10.9. The minimum absolute atomic E-state index is 0.235. The first-order valence-electron chi connectivity index (χ1n) is 5.78. The van der Waals surface area contributed by atoms with Crippen LogP contribution in [0.15, 0.2) is 42.5 Å². The van der Waals surface area contributed by atoms with Gasteiger partial charge in [-0.15, -0.1) is 0 Å². The summed E-state index contributed by atoms with van der Waals surface area (Å²) in [4.78, 5) is 11.3. The third kappa shape index (κ3) is 2.51. The van der Waals surface area contributed by atoms with Crippen LogP contribution in [0.2, 0.25) is 0 Å². The van der Waals surface area contributed by atoms with Crippen LogP contribution in [0, 0.1) is 0 Å². The number of benzene rings is 2. The van der Waals surface area contributed by atoms with Gasteiger partial charge in [-0.2, -0.15) is 0 Å². The molecule has 0 aromatic heterocycles. The molecule has 0 amide bonds. The van der Waals surface area contributed by atoms with Crippen molar-refractivity contribution in [1.82, 2.24) is 0 Å². The molecule has 2 aromatic carbocycles. The van der Waals surface area contributed by atoms with E-state index in [0.29, 0.717) is 6.61 Å². The number of carbonyl (C=O) groups is 1. The van der Waals surface area contributed by atoms with Crippen LogP contribution in [-0.4, -0.2) is 17.7 Å². The second-order valence-electron chi connectivity index (χ2n) is 3.80. The molecule has 0 atom stereocenters. The average molecular weight is 242 g/mol. The Balaban J connectivity index is 2.40. The van der Waals surface area contributed by atoms with E-state index < -0.39 is 0 Å². The summed E-state index contributed by atoms with van der Waals surface area (Å²) in [5.41, 5.74) is 0.872. The molecule has 0 bridgehead atoms. The van der Waals surface area contributed by atoms with Crippen LogP contribution in [0.5, 0.6) is 5.75 Å². The first-order valence-corrected chi connectivity index (χ1v) is 5.78. The summed E-state index contributed by atoms with van der Waals surface area (Å²) in [6.45, 7) is 2.13. The molecule has 0 aliphatic heterocycles. The Morgan fingerprint density at radius 3 is 2.67 bits per heavy atom. The maximum atomic E-state index is 11.3.